The molecule has 4 aliphatic heterocycles. The molecule has 0 aliphatic carbocycles. The summed E-state index contributed by atoms with van der Waals surface area (Å²) in [6.45, 7) is 30.1. The molecule has 4 heterocycles. The second kappa shape index (κ2) is 28.7. The Morgan fingerprint density at radius 2 is 0.464 bits per heavy atom. The standard InChI is InChI=1S/C90H94N8O8P4/c1-85(2,3)63-49-59(39-43-75(63)103-107-91-67-31-15-23-55-24-16-32-68(92-107)81(55)67)89(13,60-40-44-76(64(50-60)86(4,5)6)104-108-93-69-33-17-25-56-26-18-34-70(94-108)82(56)69)53-79(99)101-47-48-102-80(100)54-90(14,61-41-45-77(65(51-61)87(7,8)9)105-109-95-71-35-19-27-57-28-20-36-72(96-109)83(57)71)62-42-46-78(66(52-62)88(10,11)12)106-110-97-73-37-21-29-58-30-22-38-74(98-110)84(58)73/h15-46,49-52,91-98H,47-48,53-54H2,1-14H3. The first-order valence-electron chi connectivity index (χ1n) is 37.5. The molecule has 8 N–H and O–H groups in total. The average molecular weight is 1540 g/mol. The second-order valence-corrected chi connectivity index (χ2v) is 38.5. The third kappa shape index (κ3) is 14.6. The lowest BCUT2D eigenvalue weighted by Crippen LogP contribution is -2.31. The van der Waals surface area contributed by atoms with E-state index in [2.05, 4.69) is 332 Å². The zero-order valence-corrected chi connectivity index (χ0v) is 68.2. The molecule has 16 nitrogen and oxygen atoms in total. The Balaban J connectivity index is 0.687. The molecule has 0 saturated carbocycles. The van der Waals surface area contributed by atoms with Crippen molar-refractivity contribution in [2.75, 3.05) is 53.9 Å². The van der Waals surface area contributed by atoms with Crippen LogP contribution in [0, 0.1) is 0 Å². The van der Waals surface area contributed by atoms with Crippen LogP contribution in [0.15, 0.2) is 218 Å². The minimum atomic E-state index is -1.41. The lowest BCUT2D eigenvalue weighted by molar-refractivity contribution is -0.153. The van der Waals surface area contributed by atoms with Crippen LogP contribution in [-0.4, -0.2) is 25.2 Å². The third-order valence-electron chi connectivity index (χ3n) is 21.5. The molecule has 0 atom stereocenters. The highest BCUT2D eigenvalue weighted by molar-refractivity contribution is 7.57. The zero-order valence-electron chi connectivity index (χ0n) is 64.7. The number of hydrogen-bond acceptors (Lipinski definition) is 16. The topological polar surface area (TPSA) is 186 Å². The van der Waals surface area contributed by atoms with Gasteiger partial charge in [-0.25, -0.2) is 0 Å². The van der Waals surface area contributed by atoms with Crippen molar-refractivity contribution in [1.29, 1.82) is 0 Å². The number of hydrogen-bond donors (Lipinski definition) is 8. The zero-order chi connectivity index (χ0) is 76.8. The highest BCUT2D eigenvalue weighted by atomic mass is 31.2. The summed E-state index contributed by atoms with van der Waals surface area (Å²) in [6.07, 6.45) is -0.110. The van der Waals surface area contributed by atoms with Gasteiger partial charge in [0.1, 0.15) is 36.2 Å². The van der Waals surface area contributed by atoms with E-state index in [4.69, 9.17) is 27.6 Å². The predicted molar refractivity (Wildman–Crippen MR) is 460 cm³/mol. The lowest BCUT2D eigenvalue weighted by atomic mass is 9.70. The maximum atomic E-state index is 15.1. The van der Waals surface area contributed by atoms with Gasteiger partial charge in [0.15, 0.2) is 0 Å². The van der Waals surface area contributed by atoms with Gasteiger partial charge in [0.05, 0.1) is 58.3 Å². The van der Waals surface area contributed by atoms with Gasteiger partial charge in [0.25, 0.3) is 0 Å². The molecule has 0 aromatic heterocycles. The van der Waals surface area contributed by atoms with Gasteiger partial charge >= 0.3 is 45.7 Å². The van der Waals surface area contributed by atoms with Gasteiger partial charge in [-0.05, 0) is 138 Å². The number of benzene rings is 12. The Hall–Kier alpha value is -10.1. The van der Waals surface area contributed by atoms with Gasteiger partial charge in [-0.1, -0.05) is 243 Å². The fourth-order valence-corrected chi connectivity index (χ4v) is 20.8. The number of nitrogens with one attached hydrogen (secondary N) is 8. The van der Waals surface area contributed by atoms with Crippen molar-refractivity contribution in [3.63, 3.8) is 0 Å². The largest absolute Gasteiger partial charge is 0.462 e. The fraction of sp³-hybridized carbons (Fsp3) is 0.267. The van der Waals surface area contributed by atoms with Crippen molar-refractivity contribution >= 4 is 134 Å². The molecule has 562 valence electrons. The Morgan fingerprint density at radius 1 is 0.273 bits per heavy atom. The van der Waals surface area contributed by atoms with Crippen LogP contribution in [0.2, 0.25) is 0 Å². The van der Waals surface area contributed by atoms with Gasteiger partial charge in [0, 0.05) is 54.6 Å². The van der Waals surface area contributed by atoms with Crippen LogP contribution in [0.1, 0.15) is 154 Å². The van der Waals surface area contributed by atoms with Crippen LogP contribution in [0.25, 0.3) is 43.1 Å². The smallest absolute Gasteiger partial charge is 0.307 e. The van der Waals surface area contributed by atoms with Gasteiger partial charge in [0.2, 0.25) is 0 Å². The summed E-state index contributed by atoms with van der Waals surface area (Å²) in [5.74, 6) is 1.97. The van der Waals surface area contributed by atoms with Crippen LogP contribution in [-0.2, 0) is 51.6 Å². The lowest BCUT2D eigenvalue weighted by Gasteiger charge is -2.35. The number of carbonyl (C=O) groups is 2. The van der Waals surface area contributed by atoms with Crippen LogP contribution in [0.3, 0.4) is 0 Å². The maximum Gasteiger partial charge on any atom is 0.307 e. The second-order valence-electron chi connectivity index (χ2n) is 33.6. The van der Waals surface area contributed by atoms with Crippen LogP contribution < -0.4 is 58.8 Å². The summed E-state index contributed by atoms with van der Waals surface area (Å²) in [5.41, 5.74) is 11.9. The number of esters is 2. The molecular formula is C90H94N8O8P4. The monoisotopic (exact) mass is 1540 g/mol. The quantitative estimate of drug-likeness (QED) is 0.0217. The fourth-order valence-electron chi connectivity index (χ4n) is 15.6. The highest BCUT2D eigenvalue weighted by Crippen LogP contribution is 2.57. The average Bonchev–Trinajstić information content (AvgIpc) is 0.739. The van der Waals surface area contributed by atoms with Gasteiger partial charge in [-0.2, -0.15) is 0 Å². The highest BCUT2D eigenvalue weighted by Gasteiger charge is 2.41. The molecule has 20 heteroatoms. The molecule has 0 unspecified atom stereocenters. The van der Waals surface area contributed by atoms with Crippen molar-refractivity contribution in [2.24, 2.45) is 0 Å². The van der Waals surface area contributed by atoms with Crippen molar-refractivity contribution in [3.05, 3.63) is 263 Å². The Bertz CT molecular complexity index is 4810. The minimum Gasteiger partial charge on any atom is -0.462 e. The van der Waals surface area contributed by atoms with E-state index < -0.39 is 78.2 Å². The first-order chi connectivity index (χ1) is 52.5. The molecule has 110 heavy (non-hydrogen) atoms. The number of carbonyl (C=O) groups excluding carboxylic acids is 2. The summed E-state index contributed by atoms with van der Waals surface area (Å²) in [4.78, 5) is 30.2. The molecule has 0 amide bonds. The molecule has 0 radical (unpaired) electrons. The summed E-state index contributed by atoms with van der Waals surface area (Å²) < 4.78 is 40.6. The molecule has 12 aromatic rings. The van der Waals surface area contributed by atoms with E-state index in [1.165, 1.54) is 0 Å². The van der Waals surface area contributed by atoms with Gasteiger partial charge < -0.3 is 68.3 Å². The van der Waals surface area contributed by atoms with Crippen LogP contribution in [0.5, 0.6) is 23.0 Å². The molecular weight excluding hydrogens is 1440 g/mol. The Labute approximate surface area is 649 Å². The van der Waals surface area contributed by atoms with Crippen molar-refractivity contribution < 1.29 is 37.2 Å². The molecule has 4 aliphatic rings. The summed E-state index contributed by atoms with van der Waals surface area (Å²) >= 11 is 0. The summed E-state index contributed by atoms with van der Waals surface area (Å²) in [7, 11) is -5.62. The van der Waals surface area contributed by atoms with E-state index >= 15 is 9.59 Å². The van der Waals surface area contributed by atoms with Crippen LogP contribution in [0.4, 0.5) is 45.5 Å². The van der Waals surface area contributed by atoms with Crippen molar-refractivity contribution in [1.82, 2.24) is 0 Å². The normalized spacial score (nSPS) is 14.6. The Kier molecular flexibility index (Phi) is 19.3. The molecule has 0 bridgehead atoms. The van der Waals surface area contributed by atoms with Crippen molar-refractivity contribution in [2.45, 2.75) is 142 Å². The van der Waals surface area contributed by atoms with E-state index in [1.807, 2.05) is 24.3 Å². The number of rotatable bonds is 19. The minimum absolute atomic E-state index is 0.0552. The molecule has 16 rings (SSSR count). The van der Waals surface area contributed by atoms with Gasteiger partial charge in [-0.15, -0.1) is 0 Å². The Morgan fingerprint density at radius 3 is 0.645 bits per heavy atom. The molecule has 0 fully saturated rings. The van der Waals surface area contributed by atoms with E-state index in [0.717, 1.165) is 156 Å². The SMILES string of the molecule is CC(C)(C)c1cc(C(C)(CC(=O)OCCOC(=O)CC(C)(c2ccc(OP3Nc4cccc5cccc(c45)N3)c(C(C)(C)C)c2)c2ccc(OP3Nc4cccc5cccc(c45)N3)c(C(C)(C)C)c2)c2ccc(OP3Nc4cccc5cccc(c45)N3)c(C(C)(C)C)c2)ccc1OP1Nc2cccc3cccc(c23)N1. The molecule has 0 saturated heterocycles. The predicted octanol–water partition coefficient (Wildman–Crippen LogP) is 25.2. The van der Waals surface area contributed by atoms with E-state index in [0.29, 0.717) is 0 Å². The van der Waals surface area contributed by atoms with Crippen molar-refractivity contribution in [3.8, 4) is 23.0 Å². The van der Waals surface area contributed by atoms with E-state index in [-0.39, 0.29) is 26.1 Å². The first-order valence-corrected chi connectivity index (χ1v) is 42.6. The summed E-state index contributed by atoms with van der Waals surface area (Å²) in [6, 6.07) is 75.5. The number of ether oxygens (including phenoxy) is 2. The molecule has 12 aromatic carbocycles. The first kappa shape index (κ1) is 74.1. The third-order valence-corrected chi connectivity index (χ3v) is 26.5. The number of anilines is 8. The molecule has 0 spiro atoms. The summed E-state index contributed by atoms with van der Waals surface area (Å²) in [5, 5.41) is 38.4. The van der Waals surface area contributed by atoms with E-state index in [1.54, 1.807) is 0 Å². The van der Waals surface area contributed by atoms with Gasteiger partial charge in [-0.3, -0.25) is 9.59 Å². The van der Waals surface area contributed by atoms with E-state index in [9.17, 15) is 0 Å². The maximum absolute atomic E-state index is 15.1. The van der Waals surface area contributed by atoms with Crippen LogP contribution >= 0.6 is 33.8 Å².